The van der Waals surface area contributed by atoms with E-state index in [-0.39, 0.29) is 0 Å². The van der Waals surface area contributed by atoms with Crippen LogP contribution in [0.1, 0.15) is 16.7 Å². The zero-order chi connectivity index (χ0) is 31.7. The standard InChI is InChI=1S/C43H32O4/c1-7-19-33(20-8-1)43(34-21-9-2-10-22-34,47-38-29-17-6-18-30-38)39-31-32-40(44-35-23-11-3-12-24-35)42(46-37-27-15-5-16-28-37)41(39)45-36-25-13-4-14-26-36/h1-32H. The molecule has 0 atom stereocenters. The first-order valence-electron chi connectivity index (χ1n) is 15.5. The van der Waals surface area contributed by atoms with E-state index in [0.29, 0.717) is 40.2 Å². The summed E-state index contributed by atoms with van der Waals surface area (Å²) < 4.78 is 27.4. The summed E-state index contributed by atoms with van der Waals surface area (Å²) in [6, 6.07) is 63.2. The van der Waals surface area contributed by atoms with E-state index in [2.05, 4.69) is 24.3 Å². The SMILES string of the molecule is c1ccc(Oc2ccc(C(Oc3ccccc3)(c3ccccc3)c3ccccc3)c(Oc3ccccc3)c2Oc2ccccc2)cc1. The van der Waals surface area contributed by atoms with Crippen LogP contribution in [-0.2, 0) is 5.60 Å². The fraction of sp³-hybridized carbons (Fsp3) is 0.0233. The second-order valence-electron chi connectivity index (χ2n) is 10.8. The summed E-state index contributed by atoms with van der Waals surface area (Å²) in [4.78, 5) is 0. The first-order valence-corrected chi connectivity index (χ1v) is 15.5. The Hall–Kier alpha value is -6.26. The van der Waals surface area contributed by atoms with Crippen LogP contribution in [0.2, 0.25) is 0 Å². The molecular formula is C43H32O4. The van der Waals surface area contributed by atoms with Gasteiger partial charge in [-0.1, -0.05) is 133 Å². The molecule has 0 aliphatic carbocycles. The van der Waals surface area contributed by atoms with Gasteiger partial charge in [0, 0.05) is 11.1 Å². The fourth-order valence-electron chi connectivity index (χ4n) is 5.59. The Balaban J connectivity index is 1.55. The Morgan fingerprint density at radius 2 is 0.660 bits per heavy atom. The largest absolute Gasteiger partial charge is 0.473 e. The highest BCUT2D eigenvalue weighted by atomic mass is 16.5. The number of hydrogen-bond acceptors (Lipinski definition) is 4. The van der Waals surface area contributed by atoms with Crippen molar-refractivity contribution in [2.75, 3.05) is 0 Å². The van der Waals surface area contributed by atoms with Gasteiger partial charge >= 0.3 is 0 Å². The van der Waals surface area contributed by atoms with Gasteiger partial charge in [0.1, 0.15) is 23.0 Å². The minimum atomic E-state index is -1.17. The van der Waals surface area contributed by atoms with Crippen molar-refractivity contribution in [3.8, 4) is 40.2 Å². The van der Waals surface area contributed by atoms with Gasteiger partial charge in [-0.2, -0.15) is 0 Å². The van der Waals surface area contributed by atoms with Crippen LogP contribution < -0.4 is 18.9 Å². The lowest BCUT2D eigenvalue weighted by atomic mass is 9.79. The van der Waals surface area contributed by atoms with Crippen LogP contribution in [0.15, 0.2) is 194 Å². The Bertz CT molecular complexity index is 1960. The first kappa shape index (κ1) is 29.5. The summed E-state index contributed by atoms with van der Waals surface area (Å²) in [6.45, 7) is 0. The molecule has 0 heterocycles. The Morgan fingerprint density at radius 3 is 1.11 bits per heavy atom. The summed E-state index contributed by atoms with van der Waals surface area (Å²) in [5, 5.41) is 0. The Kier molecular flexibility index (Phi) is 8.65. The smallest absolute Gasteiger partial charge is 0.212 e. The summed E-state index contributed by atoms with van der Waals surface area (Å²) in [5.41, 5.74) is 1.38. The lowest BCUT2D eigenvalue weighted by molar-refractivity contribution is 0.151. The molecule has 0 aliphatic heterocycles. The van der Waals surface area contributed by atoms with Gasteiger partial charge in [0.05, 0.1) is 5.56 Å². The van der Waals surface area contributed by atoms with Crippen LogP contribution in [0, 0.1) is 0 Å². The quantitative estimate of drug-likeness (QED) is 0.136. The van der Waals surface area contributed by atoms with Gasteiger partial charge in [-0.25, -0.2) is 0 Å². The fourth-order valence-corrected chi connectivity index (χ4v) is 5.59. The van der Waals surface area contributed by atoms with E-state index < -0.39 is 5.60 Å². The topological polar surface area (TPSA) is 36.9 Å². The molecule has 47 heavy (non-hydrogen) atoms. The molecule has 7 rings (SSSR count). The van der Waals surface area contributed by atoms with Crippen LogP contribution in [-0.4, -0.2) is 0 Å². The van der Waals surface area contributed by atoms with Crippen molar-refractivity contribution in [1.29, 1.82) is 0 Å². The molecule has 0 saturated heterocycles. The van der Waals surface area contributed by atoms with Gasteiger partial charge in [0.15, 0.2) is 17.1 Å². The maximum absolute atomic E-state index is 7.23. The molecule has 0 aromatic heterocycles. The molecule has 0 aliphatic rings. The van der Waals surface area contributed by atoms with Crippen molar-refractivity contribution >= 4 is 0 Å². The van der Waals surface area contributed by atoms with E-state index in [1.54, 1.807) is 0 Å². The second kappa shape index (κ2) is 13.8. The molecule has 228 valence electrons. The van der Waals surface area contributed by atoms with Crippen molar-refractivity contribution in [2.45, 2.75) is 5.60 Å². The highest BCUT2D eigenvalue weighted by molar-refractivity contribution is 5.65. The molecule has 0 bridgehead atoms. The van der Waals surface area contributed by atoms with Gasteiger partial charge < -0.3 is 18.9 Å². The second-order valence-corrected chi connectivity index (χ2v) is 10.8. The van der Waals surface area contributed by atoms with E-state index in [0.717, 1.165) is 16.7 Å². The monoisotopic (exact) mass is 612 g/mol. The van der Waals surface area contributed by atoms with Crippen molar-refractivity contribution in [3.63, 3.8) is 0 Å². The lowest BCUT2D eigenvalue weighted by Gasteiger charge is -2.37. The van der Waals surface area contributed by atoms with Gasteiger partial charge in [-0.05, 0) is 60.7 Å². The van der Waals surface area contributed by atoms with Gasteiger partial charge in [-0.15, -0.1) is 0 Å². The maximum atomic E-state index is 7.23. The molecule has 0 amide bonds. The first-order chi connectivity index (χ1) is 23.3. The van der Waals surface area contributed by atoms with Crippen molar-refractivity contribution in [1.82, 2.24) is 0 Å². The van der Waals surface area contributed by atoms with Gasteiger partial charge in [0.25, 0.3) is 0 Å². The number of benzene rings is 7. The molecule has 0 saturated carbocycles. The van der Waals surface area contributed by atoms with Crippen LogP contribution >= 0.6 is 0 Å². The molecule has 0 spiro atoms. The predicted octanol–water partition coefficient (Wildman–Crippen LogP) is 11.4. The van der Waals surface area contributed by atoms with E-state index in [4.69, 9.17) is 18.9 Å². The zero-order valence-electron chi connectivity index (χ0n) is 25.6. The summed E-state index contributed by atoms with van der Waals surface area (Å²) in [5.74, 6) is 3.99. The van der Waals surface area contributed by atoms with Crippen LogP contribution in [0.5, 0.6) is 40.2 Å². The molecule has 4 nitrogen and oxygen atoms in total. The van der Waals surface area contributed by atoms with Crippen molar-refractivity contribution in [3.05, 3.63) is 211 Å². The zero-order valence-corrected chi connectivity index (χ0v) is 25.6. The Labute approximate surface area is 275 Å². The number of hydrogen-bond donors (Lipinski definition) is 0. The lowest BCUT2D eigenvalue weighted by Crippen LogP contribution is -2.36. The molecular weight excluding hydrogens is 580 g/mol. The average Bonchev–Trinajstić information content (AvgIpc) is 3.14. The van der Waals surface area contributed by atoms with Crippen LogP contribution in [0.3, 0.4) is 0 Å². The average molecular weight is 613 g/mol. The van der Waals surface area contributed by atoms with E-state index in [1.165, 1.54) is 0 Å². The third-order valence-electron chi connectivity index (χ3n) is 7.73. The molecule has 7 aromatic carbocycles. The highest BCUT2D eigenvalue weighted by Crippen LogP contribution is 2.53. The number of rotatable bonds is 11. The molecule has 4 heteroatoms. The predicted molar refractivity (Wildman–Crippen MR) is 186 cm³/mol. The minimum Gasteiger partial charge on any atom is -0.473 e. The third kappa shape index (κ3) is 6.44. The van der Waals surface area contributed by atoms with Crippen LogP contribution in [0.4, 0.5) is 0 Å². The molecule has 0 radical (unpaired) electrons. The normalized spacial score (nSPS) is 11.0. The third-order valence-corrected chi connectivity index (χ3v) is 7.73. The molecule has 0 N–H and O–H groups in total. The number of para-hydroxylation sites is 4. The highest BCUT2D eigenvalue weighted by Gasteiger charge is 2.43. The van der Waals surface area contributed by atoms with Gasteiger partial charge in [-0.3, -0.25) is 0 Å². The van der Waals surface area contributed by atoms with Crippen molar-refractivity contribution in [2.24, 2.45) is 0 Å². The summed E-state index contributed by atoms with van der Waals surface area (Å²) in [6.07, 6.45) is 0. The molecule has 0 fully saturated rings. The van der Waals surface area contributed by atoms with Gasteiger partial charge in [0.2, 0.25) is 5.75 Å². The van der Waals surface area contributed by atoms with Crippen LogP contribution in [0.25, 0.3) is 0 Å². The number of ether oxygens (including phenoxy) is 4. The molecule has 0 unspecified atom stereocenters. The summed E-state index contributed by atoms with van der Waals surface area (Å²) >= 11 is 0. The maximum Gasteiger partial charge on any atom is 0.212 e. The Morgan fingerprint density at radius 1 is 0.298 bits per heavy atom. The van der Waals surface area contributed by atoms with Crippen molar-refractivity contribution < 1.29 is 18.9 Å². The van der Waals surface area contributed by atoms with E-state index in [1.807, 2.05) is 170 Å². The van der Waals surface area contributed by atoms with E-state index >= 15 is 0 Å². The molecule has 7 aromatic rings. The summed E-state index contributed by atoms with van der Waals surface area (Å²) in [7, 11) is 0. The van der Waals surface area contributed by atoms with E-state index in [9.17, 15) is 0 Å². The minimum absolute atomic E-state index is 0.411.